The first-order valence-corrected chi connectivity index (χ1v) is 8.89. The summed E-state index contributed by atoms with van der Waals surface area (Å²) in [5.74, 6) is -0.915. The van der Waals surface area contributed by atoms with Gasteiger partial charge in [0.1, 0.15) is 0 Å². The van der Waals surface area contributed by atoms with Crippen molar-refractivity contribution in [1.29, 1.82) is 0 Å². The van der Waals surface area contributed by atoms with E-state index in [1.807, 2.05) is 18.4 Å². The van der Waals surface area contributed by atoms with Gasteiger partial charge in [-0.15, -0.1) is 11.8 Å². The fourth-order valence-corrected chi connectivity index (χ4v) is 2.40. The largest absolute Gasteiger partial charge is 0.453 e. The Kier molecular flexibility index (Phi) is 6.21. The normalized spacial score (nSPS) is 14.9. The first-order valence-electron chi connectivity index (χ1n) is 7.66. The van der Waals surface area contributed by atoms with E-state index in [1.165, 1.54) is 0 Å². The number of benzene rings is 1. The van der Waals surface area contributed by atoms with Crippen LogP contribution in [0.4, 0.5) is 0 Å². The summed E-state index contributed by atoms with van der Waals surface area (Å²) in [5.41, 5.74) is 0.579. The lowest BCUT2D eigenvalue weighted by atomic mass is 10.1. The molecule has 1 amide bonds. The van der Waals surface area contributed by atoms with Crippen LogP contribution in [0.3, 0.4) is 0 Å². The smallest absolute Gasteiger partial charge is 0.307 e. The molecule has 1 fully saturated rings. The SMILES string of the molecule is CSc1ccc(C(=O)CCC(=O)O[C@@H](C)C(=O)NC2CC2)cc1. The Labute approximate surface area is 140 Å². The number of rotatable bonds is 8. The highest BCUT2D eigenvalue weighted by atomic mass is 32.2. The van der Waals surface area contributed by atoms with Crippen molar-refractivity contribution < 1.29 is 19.1 Å². The average Bonchev–Trinajstić information content (AvgIpc) is 3.36. The van der Waals surface area contributed by atoms with Gasteiger partial charge in [0.2, 0.25) is 0 Å². The van der Waals surface area contributed by atoms with Crippen molar-refractivity contribution in [3.05, 3.63) is 29.8 Å². The van der Waals surface area contributed by atoms with E-state index in [9.17, 15) is 14.4 Å². The first kappa shape index (κ1) is 17.5. The van der Waals surface area contributed by atoms with Gasteiger partial charge in [0, 0.05) is 22.9 Å². The van der Waals surface area contributed by atoms with Gasteiger partial charge in [-0.05, 0) is 38.2 Å². The van der Waals surface area contributed by atoms with Crippen LogP contribution in [0, 0.1) is 0 Å². The van der Waals surface area contributed by atoms with E-state index >= 15 is 0 Å². The van der Waals surface area contributed by atoms with Gasteiger partial charge in [0.15, 0.2) is 11.9 Å². The lowest BCUT2D eigenvalue weighted by Gasteiger charge is -2.13. The number of hydrogen-bond donors (Lipinski definition) is 1. The molecule has 1 aliphatic carbocycles. The fourth-order valence-electron chi connectivity index (χ4n) is 1.99. The van der Waals surface area contributed by atoms with E-state index in [2.05, 4.69) is 5.32 Å². The molecule has 0 bridgehead atoms. The summed E-state index contributed by atoms with van der Waals surface area (Å²) < 4.78 is 5.06. The molecule has 1 aromatic carbocycles. The Morgan fingerprint density at radius 1 is 1.22 bits per heavy atom. The molecule has 23 heavy (non-hydrogen) atoms. The van der Waals surface area contributed by atoms with Gasteiger partial charge in [-0.25, -0.2) is 0 Å². The predicted octanol–water partition coefficient (Wildman–Crippen LogP) is 2.58. The van der Waals surface area contributed by atoms with Gasteiger partial charge in [-0.3, -0.25) is 14.4 Å². The molecule has 0 aromatic heterocycles. The summed E-state index contributed by atoms with van der Waals surface area (Å²) in [5, 5.41) is 2.78. The zero-order valence-corrected chi connectivity index (χ0v) is 14.2. The predicted molar refractivity (Wildman–Crippen MR) is 88.5 cm³/mol. The van der Waals surface area contributed by atoms with Crippen molar-refractivity contribution in [1.82, 2.24) is 5.32 Å². The van der Waals surface area contributed by atoms with Crippen molar-refractivity contribution in [3.8, 4) is 0 Å². The zero-order valence-electron chi connectivity index (χ0n) is 13.3. The molecule has 1 saturated carbocycles. The third kappa shape index (κ3) is 5.71. The van der Waals surface area contributed by atoms with Gasteiger partial charge in [-0.2, -0.15) is 0 Å². The second kappa shape index (κ2) is 8.15. The molecule has 1 aliphatic rings. The lowest BCUT2D eigenvalue weighted by molar-refractivity contribution is -0.154. The van der Waals surface area contributed by atoms with Crippen LogP contribution in [0.5, 0.6) is 0 Å². The van der Waals surface area contributed by atoms with Crippen LogP contribution in [0.1, 0.15) is 43.0 Å². The lowest BCUT2D eigenvalue weighted by Crippen LogP contribution is -2.37. The quantitative estimate of drug-likeness (QED) is 0.449. The van der Waals surface area contributed by atoms with E-state index in [1.54, 1.807) is 30.8 Å². The number of carbonyl (C=O) groups excluding carboxylic acids is 3. The van der Waals surface area contributed by atoms with Crippen molar-refractivity contribution in [2.75, 3.05) is 6.26 Å². The van der Waals surface area contributed by atoms with Crippen LogP contribution in [-0.4, -0.2) is 36.1 Å². The highest BCUT2D eigenvalue weighted by Crippen LogP contribution is 2.19. The molecule has 0 unspecified atom stereocenters. The Bertz CT molecular complexity index is 581. The number of esters is 1. The van der Waals surface area contributed by atoms with Crippen LogP contribution in [-0.2, 0) is 14.3 Å². The topological polar surface area (TPSA) is 72.5 Å². The standard InChI is InChI=1S/C17H21NO4S/c1-11(17(21)18-13-5-6-13)22-16(20)10-9-15(19)12-3-7-14(23-2)8-4-12/h3-4,7-8,11,13H,5-6,9-10H2,1-2H3,(H,18,21)/t11-/m0/s1. The number of carbonyl (C=O) groups is 3. The second-order valence-corrected chi connectivity index (χ2v) is 6.45. The molecule has 5 nitrogen and oxygen atoms in total. The van der Waals surface area contributed by atoms with E-state index in [0.717, 1.165) is 17.7 Å². The molecule has 0 aliphatic heterocycles. The Morgan fingerprint density at radius 3 is 2.43 bits per heavy atom. The van der Waals surface area contributed by atoms with Crippen LogP contribution >= 0.6 is 11.8 Å². The van der Waals surface area contributed by atoms with Crippen molar-refractivity contribution in [2.45, 2.75) is 49.6 Å². The van der Waals surface area contributed by atoms with Crippen molar-refractivity contribution in [3.63, 3.8) is 0 Å². The molecule has 0 heterocycles. The maximum Gasteiger partial charge on any atom is 0.307 e. The third-order valence-corrected chi connectivity index (χ3v) is 4.31. The summed E-state index contributed by atoms with van der Waals surface area (Å²) in [6, 6.07) is 7.49. The number of hydrogen-bond acceptors (Lipinski definition) is 5. The van der Waals surface area contributed by atoms with Gasteiger partial charge >= 0.3 is 5.97 Å². The fraction of sp³-hybridized carbons (Fsp3) is 0.471. The molecule has 1 atom stereocenters. The van der Waals surface area contributed by atoms with Crippen LogP contribution < -0.4 is 5.32 Å². The van der Waals surface area contributed by atoms with E-state index in [-0.39, 0.29) is 30.6 Å². The summed E-state index contributed by atoms with van der Waals surface area (Å²) in [6.07, 6.45) is 3.16. The monoisotopic (exact) mass is 335 g/mol. The zero-order chi connectivity index (χ0) is 16.8. The summed E-state index contributed by atoms with van der Waals surface area (Å²) in [7, 11) is 0. The minimum absolute atomic E-state index is 0.0236. The van der Waals surface area contributed by atoms with Crippen molar-refractivity contribution >= 4 is 29.4 Å². The van der Waals surface area contributed by atoms with Gasteiger partial charge in [0.25, 0.3) is 5.91 Å². The minimum atomic E-state index is -0.820. The van der Waals surface area contributed by atoms with Crippen LogP contribution in [0.2, 0.25) is 0 Å². The third-order valence-electron chi connectivity index (χ3n) is 3.57. The average molecular weight is 335 g/mol. The van der Waals surface area contributed by atoms with E-state index < -0.39 is 12.1 Å². The maximum atomic E-state index is 12.0. The molecular weight excluding hydrogens is 314 g/mol. The number of amides is 1. The van der Waals surface area contributed by atoms with E-state index in [0.29, 0.717) is 5.56 Å². The van der Waals surface area contributed by atoms with Crippen molar-refractivity contribution in [2.24, 2.45) is 0 Å². The second-order valence-electron chi connectivity index (χ2n) is 5.57. The summed E-state index contributed by atoms with van der Waals surface area (Å²) in [4.78, 5) is 36.5. The number of Topliss-reactive ketones (excluding diaryl/α,β-unsaturated/α-hetero) is 1. The molecular formula is C17H21NO4S. The molecule has 1 aromatic rings. The maximum absolute atomic E-state index is 12.0. The number of ketones is 1. The Morgan fingerprint density at radius 2 is 1.87 bits per heavy atom. The Hall–Kier alpha value is -1.82. The number of nitrogens with one attached hydrogen (secondary N) is 1. The number of ether oxygens (including phenoxy) is 1. The molecule has 0 radical (unpaired) electrons. The molecule has 1 N–H and O–H groups in total. The van der Waals surface area contributed by atoms with Gasteiger partial charge in [0.05, 0.1) is 6.42 Å². The van der Waals surface area contributed by atoms with Gasteiger partial charge < -0.3 is 10.1 Å². The molecule has 6 heteroatoms. The molecule has 0 saturated heterocycles. The first-order chi connectivity index (χ1) is 11.0. The van der Waals surface area contributed by atoms with E-state index in [4.69, 9.17) is 4.74 Å². The summed E-state index contributed by atoms with van der Waals surface area (Å²) in [6.45, 7) is 1.54. The summed E-state index contributed by atoms with van der Waals surface area (Å²) >= 11 is 1.60. The molecule has 0 spiro atoms. The molecule has 124 valence electrons. The highest BCUT2D eigenvalue weighted by molar-refractivity contribution is 7.98. The molecule has 2 rings (SSSR count). The van der Waals surface area contributed by atoms with Gasteiger partial charge in [-0.1, -0.05) is 12.1 Å². The Balaban J connectivity index is 1.73. The van der Waals surface area contributed by atoms with Crippen LogP contribution in [0.25, 0.3) is 0 Å². The highest BCUT2D eigenvalue weighted by Gasteiger charge is 2.27. The van der Waals surface area contributed by atoms with Crippen LogP contribution in [0.15, 0.2) is 29.2 Å². The minimum Gasteiger partial charge on any atom is -0.453 e. The number of thioether (sulfide) groups is 1.